The molecule has 0 aromatic heterocycles. The van der Waals surface area contributed by atoms with Crippen LogP contribution in [0.2, 0.25) is 0 Å². The van der Waals surface area contributed by atoms with Gasteiger partial charge in [0.15, 0.2) is 0 Å². The standard InChI is InChI=1S/C33H38N4O6/c1-20(38)35-16-15-22(18-35)43-28-13-7-8-21-14-17-36(31(40)24-10-4-3-9-23(24)30(39)34-2)27(29(21)28)19-37-32(41)25-11-5-6-12-26(25)33(37)42/h5-8,11-13,22-24,27H,3-4,9-10,14-19H2,1-2H3,(H,34,39)/t22-,23+,24?,27+/m0/s1. The molecule has 2 aromatic rings. The largest absolute Gasteiger partial charge is 0.488 e. The lowest BCUT2D eigenvalue weighted by atomic mass is 9.77. The first-order valence-corrected chi connectivity index (χ1v) is 15.3. The van der Waals surface area contributed by atoms with E-state index in [4.69, 9.17) is 4.74 Å². The van der Waals surface area contributed by atoms with Crippen LogP contribution in [0.5, 0.6) is 5.75 Å². The Morgan fingerprint density at radius 3 is 2.26 bits per heavy atom. The van der Waals surface area contributed by atoms with Gasteiger partial charge in [-0.05, 0) is 43.0 Å². The van der Waals surface area contributed by atoms with Gasteiger partial charge in [-0.3, -0.25) is 28.9 Å². The Labute approximate surface area is 251 Å². The maximum Gasteiger partial charge on any atom is 0.261 e. The summed E-state index contributed by atoms with van der Waals surface area (Å²) in [6.45, 7) is 3.02. The highest BCUT2D eigenvalue weighted by Crippen LogP contribution is 2.42. The molecule has 10 heteroatoms. The number of rotatable bonds is 6. The number of nitrogens with zero attached hydrogens (tertiary/aromatic N) is 3. The van der Waals surface area contributed by atoms with Gasteiger partial charge in [-0.15, -0.1) is 0 Å². The molecule has 2 aromatic carbocycles. The number of nitrogens with one attached hydrogen (secondary N) is 1. The lowest BCUT2D eigenvalue weighted by Gasteiger charge is -2.43. The molecule has 4 aliphatic rings. The van der Waals surface area contributed by atoms with Crippen molar-refractivity contribution in [2.45, 2.75) is 57.6 Å². The quantitative estimate of drug-likeness (QED) is 0.521. The van der Waals surface area contributed by atoms with Crippen LogP contribution in [0.1, 0.15) is 76.9 Å². The molecule has 1 saturated carbocycles. The monoisotopic (exact) mass is 586 g/mol. The number of ether oxygens (including phenoxy) is 1. The zero-order chi connectivity index (χ0) is 30.2. The molecule has 1 unspecified atom stereocenters. The molecule has 226 valence electrons. The van der Waals surface area contributed by atoms with E-state index in [-0.39, 0.29) is 42.2 Å². The van der Waals surface area contributed by atoms with Gasteiger partial charge in [0.2, 0.25) is 17.7 Å². The summed E-state index contributed by atoms with van der Waals surface area (Å²) in [6.07, 6.45) is 4.06. The molecule has 0 spiro atoms. The summed E-state index contributed by atoms with van der Waals surface area (Å²) in [5.74, 6) is -1.33. The molecular formula is C33H38N4O6. The Kier molecular flexibility index (Phi) is 7.94. The smallest absolute Gasteiger partial charge is 0.261 e. The minimum Gasteiger partial charge on any atom is -0.488 e. The van der Waals surface area contributed by atoms with Crippen molar-refractivity contribution in [2.24, 2.45) is 11.8 Å². The Bertz CT molecular complexity index is 1440. The molecule has 1 N–H and O–H groups in total. The van der Waals surface area contributed by atoms with Crippen LogP contribution in [0.25, 0.3) is 0 Å². The van der Waals surface area contributed by atoms with Crippen LogP contribution < -0.4 is 10.1 Å². The third-order valence-electron chi connectivity index (χ3n) is 9.55. The van der Waals surface area contributed by atoms with Gasteiger partial charge in [0.25, 0.3) is 11.8 Å². The molecule has 5 amide bonds. The number of likely N-dealkylation sites (tertiary alicyclic amines) is 1. The first kappa shape index (κ1) is 28.9. The van der Waals surface area contributed by atoms with Crippen molar-refractivity contribution in [3.05, 3.63) is 64.7 Å². The molecule has 0 bridgehead atoms. The Morgan fingerprint density at radius 1 is 0.907 bits per heavy atom. The SMILES string of the molecule is CNC(=O)[C@@H]1CCCCC1C(=O)N1CCc2cccc(O[C@H]3CCN(C(C)=O)C3)c2[C@H]1CN1C(=O)c2ccccc2C1=O. The first-order chi connectivity index (χ1) is 20.8. The predicted molar refractivity (Wildman–Crippen MR) is 157 cm³/mol. The van der Waals surface area contributed by atoms with Crippen molar-refractivity contribution in [3.63, 3.8) is 0 Å². The molecule has 4 atom stereocenters. The van der Waals surface area contributed by atoms with Crippen LogP contribution in [0.3, 0.4) is 0 Å². The van der Waals surface area contributed by atoms with Crippen LogP contribution in [0.4, 0.5) is 0 Å². The van der Waals surface area contributed by atoms with Crippen molar-refractivity contribution >= 4 is 29.5 Å². The van der Waals surface area contributed by atoms with Crippen molar-refractivity contribution < 1.29 is 28.7 Å². The highest BCUT2D eigenvalue weighted by atomic mass is 16.5. The second-order valence-corrected chi connectivity index (χ2v) is 12.0. The van der Waals surface area contributed by atoms with Crippen LogP contribution in [0, 0.1) is 11.8 Å². The maximum absolute atomic E-state index is 14.4. The third kappa shape index (κ3) is 5.28. The van der Waals surface area contributed by atoms with Gasteiger partial charge in [-0.2, -0.15) is 0 Å². The van der Waals surface area contributed by atoms with Gasteiger partial charge in [0.1, 0.15) is 11.9 Å². The number of hydrogen-bond donors (Lipinski definition) is 1. The van der Waals surface area contributed by atoms with Crippen molar-refractivity contribution in [3.8, 4) is 5.75 Å². The molecule has 2 fully saturated rings. The second kappa shape index (κ2) is 11.8. The van der Waals surface area contributed by atoms with Crippen LogP contribution in [-0.2, 0) is 20.8 Å². The minimum atomic E-state index is -0.646. The molecular weight excluding hydrogens is 548 g/mol. The lowest BCUT2D eigenvalue weighted by Crippen LogP contribution is -2.51. The molecule has 1 saturated heterocycles. The van der Waals surface area contributed by atoms with Gasteiger partial charge >= 0.3 is 0 Å². The average molecular weight is 587 g/mol. The molecule has 43 heavy (non-hydrogen) atoms. The Balaban J connectivity index is 1.37. The van der Waals surface area contributed by atoms with Gasteiger partial charge < -0.3 is 19.9 Å². The number of benzene rings is 2. The summed E-state index contributed by atoms with van der Waals surface area (Å²) in [5, 5.41) is 2.74. The van der Waals surface area contributed by atoms with E-state index >= 15 is 0 Å². The number of imide groups is 1. The Hall–Kier alpha value is -4.21. The van der Waals surface area contributed by atoms with Crippen molar-refractivity contribution in [2.75, 3.05) is 33.2 Å². The van der Waals surface area contributed by atoms with Crippen LogP contribution >= 0.6 is 0 Å². The van der Waals surface area contributed by atoms with E-state index in [9.17, 15) is 24.0 Å². The molecule has 10 nitrogen and oxygen atoms in total. The molecule has 3 heterocycles. The van der Waals surface area contributed by atoms with Crippen LogP contribution in [-0.4, -0.2) is 83.6 Å². The second-order valence-electron chi connectivity index (χ2n) is 12.0. The number of carbonyl (C=O) groups excluding carboxylic acids is 5. The van der Waals surface area contributed by atoms with E-state index in [1.807, 2.05) is 18.2 Å². The van der Waals surface area contributed by atoms with Crippen molar-refractivity contribution in [1.29, 1.82) is 0 Å². The van der Waals surface area contributed by atoms with Gasteiger partial charge in [-0.25, -0.2) is 0 Å². The number of hydrogen-bond acceptors (Lipinski definition) is 6. The third-order valence-corrected chi connectivity index (χ3v) is 9.55. The summed E-state index contributed by atoms with van der Waals surface area (Å²) in [5.41, 5.74) is 2.49. The number of amides is 5. The fraction of sp³-hybridized carbons (Fsp3) is 0.485. The summed E-state index contributed by atoms with van der Waals surface area (Å²) < 4.78 is 6.53. The lowest BCUT2D eigenvalue weighted by molar-refractivity contribution is -0.146. The summed E-state index contributed by atoms with van der Waals surface area (Å²) in [7, 11) is 1.60. The zero-order valence-electron chi connectivity index (χ0n) is 24.7. The highest BCUT2D eigenvalue weighted by Gasteiger charge is 2.45. The topological polar surface area (TPSA) is 116 Å². The van der Waals surface area contributed by atoms with E-state index in [2.05, 4.69) is 5.32 Å². The fourth-order valence-corrected chi connectivity index (χ4v) is 7.30. The highest BCUT2D eigenvalue weighted by molar-refractivity contribution is 6.21. The maximum atomic E-state index is 14.4. The van der Waals surface area contributed by atoms with E-state index < -0.39 is 17.9 Å². The zero-order valence-corrected chi connectivity index (χ0v) is 24.7. The molecule has 0 radical (unpaired) electrons. The fourth-order valence-electron chi connectivity index (χ4n) is 7.30. The van der Waals surface area contributed by atoms with Crippen molar-refractivity contribution in [1.82, 2.24) is 20.0 Å². The van der Waals surface area contributed by atoms with Crippen LogP contribution in [0.15, 0.2) is 42.5 Å². The van der Waals surface area contributed by atoms with Gasteiger partial charge in [0.05, 0.1) is 30.3 Å². The number of carbonyl (C=O) groups is 5. The molecule has 6 rings (SSSR count). The summed E-state index contributed by atoms with van der Waals surface area (Å²) in [4.78, 5) is 71.0. The Morgan fingerprint density at radius 2 is 1.60 bits per heavy atom. The molecule has 1 aliphatic carbocycles. The van der Waals surface area contributed by atoms with Gasteiger partial charge in [0, 0.05) is 50.9 Å². The number of fused-ring (bicyclic) bond motifs is 2. The first-order valence-electron chi connectivity index (χ1n) is 15.3. The molecule has 3 aliphatic heterocycles. The van der Waals surface area contributed by atoms with E-state index in [1.54, 1.807) is 48.0 Å². The predicted octanol–water partition coefficient (Wildman–Crippen LogP) is 2.96. The average Bonchev–Trinajstić information content (AvgIpc) is 3.59. The van der Waals surface area contributed by atoms with E-state index in [0.717, 1.165) is 24.0 Å². The van der Waals surface area contributed by atoms with Gasteiger partial charge in [-0.1, -0.05) is 37.1 Å². The van der Waals surface area contributed by atoms with E-state index in [0.29, 0.717) is 62.2 Å². The minimum absolute atomic E-state index is 0.000356. The van der Waals surface area contributed by atoms with E-state index in [1.165, 1.54) is 4.90 Å². The normalized spacial score (nSPS) is 24.9. The summed E-state index contributed by atoms with van der Waals surface area (Å²) >= 11 is 0. The summed E-state index contributed by atoms with van der Waals surface area (Å²) in [6, 6.07) is 11.9.